The number of quaternary nitrogens is 1. The van der Waals surface area contributed by atoms with E-state index in [1.54, 1.807) is 0 Å². The summed E-state index contributed by atoms with van der Waals surface area (Å²) in [6.45, 7) is 1.28. The number of rotatable bonds is 9. The lowest BCUT2D eigenvalue weighted by Crippen LogP contribution is -2.76. The standard InChI is InChI=1S/C20H20F8N6O3S/c1-9(35)8-34(30)17(29)38-14-4-3-11(33-37-2)6-12(14)16(36)32-15-13(21)5-10(7-31-15)18(22,23)19(24,25)20(26,27)28/h3-7,9,29,33,35H,8,30H2,1-2H3,(H,31,32,36)/p+1. The van der Waals surface area contributed by atoms with E-state index in [-0.39, 0.29) is 34.4 Å². The smallest absolute Gasteiger partial charge is 0.392 e. The molecule has 18 heteroatoms. The predicted molar refractivity (Wildman–Crippen MR) is 118 cm³/mol. The van der Waals surface area contributed by atoms with Gasteiger partial charge in [0.05, 0.1) is 25.3 Å². The molecule has 1 aromatic heterocycles. The molecule has 1 heterocycles. The molecular formula is C20H21F8N6O3S+. The molecule has 2 aromatic rings. The molecule has 38 heavy (non-hydrogen) atoms. The summed E-state index contributed by atoms with van der Waals surface area (Å²) in [5.41, 5.74) is -0.761. The highest BCUT2D eigenvalue weighted by atomic mass is 32.2. The van der Waals surface area contributed by atoms with Crippen molar-refractivity contribution in [2.45, 2.75) is 35.9 Å². The number of anilines is 1. The third kappa shape index (κ3) is 6.87. The molecule has 1 atom stereocenters. The van der Waals surface area contributed by atoms with Crippen molar-refractivity contribution >= 4 is 34.3 Å². The first-order chi connectivity index (χ1) is 17.4. The zero-order chi connectivity index (χ0) is 29.1. The van der Waals surface area contributed by atoms with Crippen LogP contribution in [0.25, 0.3) is 0 Å². The van der Waals surface area contributed by atoms with Crippen LogP contribution < -0.4 is 16.6 Å². The monoisotopic (exact) mass is 577 g/mol. The van der Waals surface area contributed by atoms with Gasteiger partial charge in [0.1, 0.15) is 0 Å². The summed E-state index contributed by atoms with van der Waals surface area (Å²) in [6, 6.07) is 3.77. The van der Waals surface area contributed by atoms with E-state index in [0.29, 0.717) is 17.4 Å². The highest BCUT2D eigenvalue weighted by Crippen LogP contribution is 2.51. The van der Waals surface area contributed by atoms with Crippen molar-refractivity contribution in [3.05, 3.63) is 47.4 Å². The second kappa shape index (κ2) is 11.8. The van der Waals surface area contributed by atoms with E-state index in [0.717, 1.165) is 5.01 Å². The zero-order valence-electron chi connectivity index (χ0n) is 19.4. The van der Waals surface area contributed by atoms with Gasteiger partial charge in [-0.3, -0.25) is 15.2 Å². The largest absolute Gasteiger partial charge is 0.460 e. The summed E-state index contributed by atoms with van der Waals surface area (Å²) < 4.78 is 106. The SMILES string of the molecule is CO[NH2+]c1ccc(SC(=N)N(N)CC(C)O)c(C(=O)Nc2ncc(C(F)(F)C(F)(F)C(F)(F)F)cc2F)c1. The fourth-order valence-electron chi connectivity index (χ4n) is 2.79. The molecule has 0 aliphatic carbocycles. The van der Waals surface area contributed by atoms with Crippen LogP contribution in [0.5, 0.6) is 0 Å². The van der Waals surface area contributed by atoms with E-state index in [1.165, 1.54) is 37.7 Å². The van der Waals surface area contributed by atoms with E-state index in [1.807, 2.05) is 5.32 Å². The van der Waals surface area contributed by atoms with E-state index in [4.69, 9.17) is 16.1 Å². The van der Waals surface area contributed by atoms with E-state index < -0.39 is 47.2 Å². The first-order valence-electron chi connectivity index (χ1n) is 10.2. The Labute approximate surface area is 213 Å². The van der Waals surface area contributed by atoms with E-state index in [2.05, 4.69) is 4.98 Å². The number of aliphatic hydroxyl groups is 1. The Kier molecular flexibility index (Phi) is 9.65. The van der Waals surface area contributed by atoms with Crippen LogP contribution in [0.1, 0.15) is 22.8 Å². The number of alkyl halides is 7. The third-order valence-corrected chi connectivity index (χ3v) is 5.62. The van der Waals surface area contributed by atoms with Crippen LogP contribution in [-0.4, -0.2) is 58.0 Å². The molecule has 1 unspecified atom stereocenters. The molecule has 7 N–H and O–H groups in total. The first-order valence-corrected chi connectivity index (χ1v) is 11.0. The highest BCUT2D eigenvalue weighted by Gasteiger charge is 2.73. The molecule has 0 saturated heterocycles. The van der Waals surface area contributed by atoms with Crippen LogP contribution in [0.4, 0.5) is 46.6 Å². The quantitative estimate of drug-likeness (QED) is 0.0587. The number of aromatic nitrogens is 1. The number of amides is 1. The minimum atomic E-state index is -6.64. The summed E-state index contributed by atoms with van der Waals surface area (Å²) in [5, 5.41) is 19.9. The van der Waals surface area contributed by atoms with Crippen LogP contribution in [0.2, 0.25) is 0 Å². The van der Waals surface area contributed by atoms with Crippen LogP contribution >= 0.6 is 11.8 Å². The maximum Gasteiger partial charge on any atom is 0.460 e. The third-order valence-electron chi connectivity index (χ3n) is 4.62. The fraction of sp³-hybridized carbons (Fsp3) is 0.350. The Balaban J connectivity index is 2.38. The Bertz CT molecular complexity index is 1180. The Morgan fingerprint density at radius 2 is 1.89 bits per heavy atom. The number of nitrogens with one attached hydrogen (secondary N) is 2. The fourth-order valence-corrected chi connectivity index (χ4v) is 3.59. The first kappa shape index (κ1) is 31.2. The molecule has 0 fully saturated rings. The summed E-state index contributed by atoms with van der Waals surface area (Å²) in [7, 11) is 1.30. The normalized spacial score (nSPS) is 13.3. The number of halogens is 8. The minimum Gasteiger partial charge on any atom is -0.392 e. The Hall–Kier alpha value is -3.06. The van der Waals surface area contributed by atoms with E-state index >= 15 is 0 Å². The number of carbonyl (C=O) groups excluding carboxylic acids is 1. The van der Waals surface area contributed by atoms with Gasteiger partial charge >= 0.3 is 18.0 Å². The van der Waals surface area contributed by atoms with Gasteiger partial charge in [-0.05, 0) is 19.1 Å². The van der Waals surface area contributed by atoms with Gasteiger partial charge in [0.25, 0.3) is 5.91 Å². The number of nitrogens with zero attached hydrogens (tertiary/aromatic N) is 2. The van der Waals surface area contributed by atoms with Gasteiger partial charge in [0, 0.05) is 28.8 Å². The zero-order valence-corrected chi connectivity index (χ0v) is 20.2. The lowest BCUT2D eigenvalue weighted by atomic mass is 10.0. The van der Waals surface area contributed by atoms with Crippen molar-refractivity contribution in [3.63, 3.8) is 0 Å². The van der Waals surface area contributed by atoms with Gasteiger partial charge in [-0.25, -0.2) is 20.1 Å². The number of pyridine rings is 1. The second-order valence-electron chi connectivity index (χ2n) is 7.67. The molecular weight excluding hydrogens is 556 g/mol. The Morgan fingerprint density at radius 3 is 2.42 bits per heavy atom. The number of hydrogen-bond donors (Lipinski definition) is 5. The van der Waals surface area contributed by atoms with Crippen molar-refractivity contribution in [2.75, 3.05) is 19.0 Å². The van der Waals surface area contributed by atoms with Gasteiger partial charge < -0.3 is 10.4 Å². The van der Waals surface area contributed by atoms with E-state index in [9.17, 15) is 45.0 Å². The molecule has 1 aromatic carbocycles. The number of amidine groups is 1. The van der Waals surface area contributed by atoms with Crippen LogP contribution in [0, 0.1) is 11.2 Å². The molecule has 0 bridgehead atoms. The molecule has 0 aliphatic rings. The summed E-state index contributed by atoms with van der Waals surface area (Å²) >= 11 is 0.655. The predicted octanol–water partition coefficient (Wildman–Crippen LogP) is 3.10. The molecule has 0 spiro atoms. The molecule has 0 radical (unpaired) electrons. The molecule has 9 nitrogen and oxygen atoms in total. The van der Waals surface area contributed by atoms with Crippen molar-refractivity contribution in [2.24, 2.45) is 5.84 Å². The lowest BCUT2D eigenvalue weighted by molar-refractivity contribution is -0.830. The van der Waals surface area contributed by atoms with Gasteiger partial charge in [-0.15, -0.1) is 0 Å². The maximum atomic E-state index is 14.4. The number of hydrazine groups is 1. The number of thioether (sulfide) groups is 1. The average molecular weight is 577 g/mol. The van der Waals surface area contributed by atoms with Crippen molar-refractivity contribution < 1.29 is 55.3 Å². The number of carbonyl (C=O) groups is 1. The van der Waals surface area contributed by atoms with Crippen molar-refractivity contribution in [1.82, 2.24) is 9.99 Å². The van der Waals surface area contributed by atoms with Gasteiger partial charge in [-0.2, -0.15) is 36.2 Å². The van der Waals surface area contributed by atoms with Crippen molar-refractivity contribution in [3.8, 4) is 0 Å². The summed E-state index contributed by atoms with van der Waals surface area (Å²) in [4.78, 5) is 20.9. The average Bonchev–Trinajstić information content (AvgIpc) is 2.80. The number of aliphatic hydroxyl groups excluding tert-OH is 1. The summed E-state index contributed by atoms with van der Waals surface area (Å²) in [5.74, 6) is -10.7. The number of benzene rings is 1. The molecule has 1 amide bonds. The number of nitrogens with two attached hydrogens (primary N) is 2. The van der Waals surface area contributed by atoms with Crippen LogP contribution in [-0.2, 0) is 10.8 Å². The Morgan fingerprint density at radius 1 is 1.26 bits per heavy atom. The van der Waals surface area contributed by atoms with Gasteiger partial charge in [-0.1, -0.05) is 11.8 Å². The van der Waals surface area contributed by atoms with Crippen LogP contribution in [0.3, 0.4) is 0 Å². The molecule has 0 aliphatic heterocycles. The second-order valence-corrected chi connectivity index (χ2v) is 8.70. The molecule has 0 saturated carbocycles. The summed E-state index contributed by atoms with van der Waals surface area (Å²) in [6.07, 6.45) is -7.66. The maximum absolute atomic E-state index is 14.4. The van der Waals surface area contributed by atoms with Crippen molar-refractivity contribution in [1.29, 1.82) is 5.41 Å². The topological polar surface area (TPSA) is 141 Å². The minimum absolute atomic E-state index is 0.0789. The highest BCUT2D eigenvalue weighted by molar-refractivity contribution is 8.13. The lowest BCUT2D eigenvalue weighted by Gasteiger charge is -2.28. The van der Waals surface area contributed by atoms with Crippen LogP contribution in [0.15, 0.2) is 35.4 Å². The molecule has 2 rings (SSSR count). The van der Waals surface area contributed by atoms with Gasteiger partial charge in [0.15, 0.2) is 22.5 Å². The number of hydrogen-bond acceptors (Lipinski definition) is 7. The molecule has 210 valence electrons. The van der Waals surface area contributed by atoms with Gasteiger partial charge in [0.2, 0.25) is 0 Å².